The minimum Gasteiger partial charge on any atom is -0.307 e. The third-order valence-electron chi connectivity index (χ3n) is 6.80. The average Bonchev–Trinajstić information content (AvgIpc) is 3.14. The Bertz CT molecular complexity index is 1250. The van der Waals surface area contributed by atoms with Crippen LogP contribution < -0.4 is 4.90 Å². The van der Waals surface area contributed by atoms with E-state index in [9.17, 15) is 9.18 Å². The minimum atomic E-state index is -0.283. The van der Waals surface area contributed by atoms with Gasteiger partial charge in [0.2, 0.25) is 0 Å². The number of aromatic nitrogens is 1. The number of carbonyl (C=O) groups is 1. The molecule has 3 aromatic rings. The molecule has 1 fully saturated rings. The zero-order valence-corrected chi connectivity index (χ0v) is 18.7. The van der Waals surface area contributed by atoms with E-state index in [0.29, 0.717) is 17.7 Å². The predicted molar refractivity (Wildman–Crippen MR) is 125 cm³/mol. The van der Waals surface area contributed by atoms with E-state index in [2.05, 4.69) is 16.0 Å². The molecular weight excluding hydrogens is 439 g/mol. The normalized spacial score (nSPS) is 17.1. The van der Waals surface area contributed by atoms with Gasteiger partial charge in [-0.1, -0.05) is 23.7 Å². The van der Waals surface area contributed by atoms with Gasteiger partial charge < -0.3 is 4.90 Å². The lowest BCUT2D eigenvalue weighted by molar-refractivity contribution is 0.0975. The fourth-order valence-electron chi connectivity index (χ4n) is 5.02. The Morgan fingerprint density at radius 1 is 1.12 bits per heavy atom. The van der Waals surface area contributed by atoms with E-state index in [1.54, 1.807) is 29.2 Å². The number of nitriles is 1. The molecule has 0 N–H and O–H groups in total. The van der Waals surface area contributed by atoms with E-state index < -0.39 is 0 Å². The molecule has 1 amide bonds. The Labute approximate surface area is 197 Å². The van der Waals surface area contributed by atoms with Crippen LogP contribution in [0.1, 0.15) is 39.9 Å². The van der Waals surface area contributed by atoms with Gasteiger partial charge in [0.15, 0.2) is 0 Å². The maximum atomic E-state index is 14.3. The molecular formula is C26H22ClFN4O. The van der Waals surface area contributed by atoms with Crippen molar-refractivity contribution in [1.82, 2.24) is 9.88 Å². The van der Waals surface area contributed by atoms with Crippen molar-refractivity contribution in [1.29, 1.82) is 5.26 Å². The van der Waals surface area contributed by atoms with Gasteiger partial charge in [0.25, 0.3) is 5.91 Å². The number of halogens is 2. The second-order valence-electron chi connectivity index (χ2n) is 8.79. The maximum Gasteiger partial charge on any atom is 0.258 e. The summed E-state index contributed by atoms with van der Waals surface area (Å²) in [6, 6.07) is 17.7. The molecule has 7 heteroatoms. The number of fused-ring (bicyclic) bond motifs is 2. The first-order chi connectivity index (χ1) is 16.0. The molecule has 2 aliphatic heterocycles. The van der Waals surface area contributed by atoms with E-state index in [-0.39, 0.29) is 22.3 Å². The molecule has 3 heterocycles. The zero-order chi connectivity index (χ0) is 23.0. The van der Waals surface area contributed by atoms with Crippen LogP contribution in [0.4, 0.5) is 10.1 Å². The highest BCUT2D eigenvalue weighted by atomic mass is 35.5. The van der Waals surface area contributed by atoms with Crippen LogP contribution in [0.2, 0.25) is 5.15 Å². The van der Waals surface area contributed by atoms with Crippen molar-refractivity contribution >= 4 is 23.2 Å². The quantitative estimate of drug-likeness (QED) is 0.519. The second-order valence-corrected chi connectivity index (χ2v) is 9.17. The third-order valence-corrected chi connectivity index (χ3v) is 7.01. The van der Waals surface area contributed by atoms with Crippen LogP contribution >= 0.6 is 11.6 Å². The number of rotatable bonds is 3. The van der Waals surface area contributed by atoms with Gasteiger partial charge in [-0.05, 0) is 79.5 Å². The Hall–Kier alpha value is -3.27. The molecule has 2 aliphatic rings. The molecule has 1 spiro atoms. The standard InChI is InChI=1S/C26H22ClFN4O/c27-24-13-20(7-10-30-24)25(33)32-17-26(22-14-21(28)5-6-23(22)32)8-11-31(12-9-26)16-19-3-1-18(15-29)2-4-19/h1-7,10,13-14H,8-9,11-12,16-17H2. The zero-order valence-electron chi connectivity index (χ0n) is 18.0. The smallest absolute Gasteiger partial charge is 0.258 e. The number of amides is 1. The summed E-state index contributed by atoms with van der Waals surface area (Å²) in [6.07, 6.45) is 3.19. The van der Waals surface area contributed by atoms with Crippen LogP contribution in [0.25, 0.3) is 0 Å². The first kappa shape index (κ1) is 21.6. The third kappa shape index (κ3) is 4.10. The molecule has 0 unspecified atom stereocenters. The monoisotopic (exact) mass is 460 g/mol. The number of pyridine rings is 1. The summed E-state index contributed by atoms with van der Waals surface area (Å²) in [5, 5.41) is 9.26. The summed E-state index contributed by atoms with van der Waals surface area (Å²) in [5.41, 5.74) is 3.70. The van der Waals surface area contributed by atoms with Crippen molar-refractivity contribution in [2.24, 2.45) is 0 Å². The lowest BCUT2D eigenvalue weighted by Gasteiger charge is -2.40. The Kier molecular flexibility index (Phi) is 5.61. The summed E-state index contributed by atoms with van der Waals surface area (Å²) in [7, 11) is 0. The van der Waals surface area contributed by atoms with E-state index >= 15 is 0 Å². The van der Waals surface area contributed by atoms with Gasteiger partial charge in [-0.15, -0.1) is 0 Å². The molecule has 0 saturated carbocycles. The van der Waals surface area contributed by atoms with Crippen molar-refractivity contribution in [3.8, 4) is 6.07 Å². The van der Waals surface area contributed by atoms with Crippen LogP contribution in [0.5, 0.6) is 0 Å². The first-order valence-electron chi connectivity index (χ1n) is 10.9. The maximum absolute atomic E-state index is 14.3. The molecule has 33 heavy (non-hydrogen) atoms. The highest BCUT2D eigenvalue weighted by Gasteiger charge is 2.46. The first-order valence-corrected chi connectivity index (χ1v) is 11.3. The van der Waals surface area contributed by atoms with Gasteiger partial charge in [0, 0.05) is 36.0 Å². The summed E-state index contributed by atoms with van der Waals surface area (Å²) >= 11 is 6.01. The minimum absolute atomic E-state index is 0.149. The lowest BCUT2D eigenvalue weighted by Crippen LogP contribution is -2.45. The van der Waals surface area contributed by atoms with Gasteiger partial charge >= 0.3 is 0 Å². The number of benzene rings is 2. The van der Waals surface area contributed by atoms with E-state index in [4.69, 9.17) is 16.9 Å². The van der Waals surface area contributed by atoms with Crippen LogP contribution in [-0.2, 0) is 12.0 Å². The van der Waals surface area contributed by atoms with E-state index in [0.717, 1.165) is 49.3 Å². The average molecular weight is 461 g/mol. The molecule has 0 bridgehead atoms. The number of carbonyl (C=O) groups excluding carboxylic acids is 1. The summed E-state index contributed by atoms with van der Waals surface area (Å²) in [5.74, 6) is -0.432. The van der Waals surface area contributed by atoms with Gasteiger partial charge in [-0.25, -0.2) is 9.37 Å². The van der Waals surface area contributed by atoms with Gasteiger partial charge in [-0.3, -0.25) is 9.69 Å². The number of likely N-dealkylation sites (tertiary alicyclic amines) is 1. The molecule has 1 saturated heterocycles. The Morgan fingerprint density at radius 3 is 2.58 bits per heavy atom. The van der Waals surface area contributed by atoms with E-state index in [1.165, 1.54) is 12.3 Å². The van der Waals surface area contributed by atoms with Crippen LogP contribution in [-0.4, -0.2) is 35.4 Å². The number of nitrogens with zero attached hydrogens (tertiary/aromatic N) is 4. The van der Waals surface area contributed by atoms with Crippen molar-refractivity contribution in [2.45, 2.75) is 24.8 Å². The molecule has 0 aliphatic carbocycles. The second kappa shape index (κ2) is 8.58. The largest absolute Gasteiger partial charge is 0.307 e. The summed E-state index contributed by atoms with van der Waals surface area (Å²) in [4.78, 5) is 21.4. The van der Waals surface area contributed by atoms with Crippen molar-refractivity contribution in [2.75, 3.05) is 24.5 Å². The SMILES string of the molecule is N#Cc1ccc(CN2CCC3(CC2)CN(C(=O)c2ccnc(Cl)c2)c2ccc(F)cc23)cc1. The van der Waals surface area contributed by atoms with Crippen LogP contribution in [0.15, 0.2) is 60.8 Å². The van der Waals surface area contributed by atoms with Crippen molar-refractivity contribution in [3.63, 3.8) is 0 Å². The van der Waals surface area contributed by atoms with Crippen molar-refractivity contribution < 1.29 is 9.18 Å². The highest BCUT2D eigenvalue weighted by Crippen LogP contribution is 2.48. The molecule has 1 aromatic heterocycles. The summed E-state index contributed by atoms with van der Waals surface area (Å²) < 4.78 is 14.3. The van der Waals surface area contributed by atoms with Gasteiger partial charge in [0.05, 0.1) is 11.6 Å². The fraction of sp³-hybridized carbons (Fsp3) is 0.269. The van der Waals surface area contributed by atoms with Gasteiger partial charge in [-0.2, -0.15) is 5.26 Å². The molecule has 0 radical (unpaired) electrons. The lowest BCUT2D eigenvalue weighted by atomic mass is 9.74. The molecule has 2 aromatic carbocycles. The Morgan fingerprint density at radius 2 is 1.88 bits per heavy atom. The summed E-state index contributed by atoms with van der Waals surface area (Å²) in [6.45, 7) is 3.02. The fourth-order valence-corrected chi connectivity index (χ4v) is 5.20. The van der Waals surface area contributed by atoms with Crippen molar-refractivity contribution in [3.05, 3.63) is 94.0 Å². The number of hydrogen-bond donors (Lipinski definition) is 0. The molecule has 5 nitrogen and oxygen atoms in total. The molecule has 5 rings (SSSR count). The van der Waals surface area contributed by atoms with Gasteiger partial charge in [0.1, 0.15) is 11.0 Å². The topological polar surface area (TPSA) is 60.2 Å². The van der Waals surface area contributed by atoms with E-state index in [1.807, 2.05) is 24.3 Å². The molecule has 166 valence electrons. The Balaban J connectivity index is 1.37. The number of piperidine rings is 1. The number of hydrogen-bond acceptors (Lipinski definition) is 4. The predicted octanol–water partition coefficient (Wildman–Crippen LogP) is 4.94. The van der Waals surface area contributed by atoms with Crippen LogP contribution in [0, 0.1) is 17.1 Å². The highest BCUT2D eigenvalue weighted by molar-refractivity contribution is 6.29. The molecule has 0 atom stereocenters. The number of anilines is 1. The van der Waals surface area contributed by atoms with Crippen LogP contribution in [0.3, 0.4) is 0 Å².